The molecule has 1 aliphatic rings. The molecule has 0 aliphatic heterocycles. The first-order valence-electron chi connectivity index (χ1n) is 7.70. The molecule has 0 radical (unpaired) electrons. The van der Waals surface area contributed by atoms with Crippen molar-refractivity contribution in [1.82, 2.24) is 0 Å². The van der Waals surface area contributed by atoms with Gasteiger partial charge >= 0.3 is 5.97 Å². The zero-order valence-corrected chi connectivity index (χ0v) is 13.2. The van der Waals surface area contributed by atoms with Gasteiger partial charge in [-0.2, -0.15) is 0 Å². The third-order valence-electron chi connectivity index (χ3n) is 4.11. The highest BCUT2D eigenvalue weighted by Gasteiger charge is 2.17. The lowest BCUT2D eigenvalue weighted by Crippen LogP contribution is -2.15. The lowest BCUT2D eigenvalue weighted by Gasteiger charge is -2.14. The van der Waals surface area contributed by atoms with Gasteiger partial charge in [0, 0.05) is 0 Å². The SMILES string of the molecule is COC(=O)C1C/C=C\C=C\CCCC/C(C)=C(\C)CC1. The van der Waals surface area contributed by atoms with Crippen molar-refractivity contribution in [1.29, 1.82) is 0 Å². The average Bonchev–Trinajstić information content (AvgIpc) is 2.46. The summed E-state index contributed by atoms with van der Waals surface area (Å²) in [6.45, 7) is 4.43. The topological polar surface area (TPSA) is 26.3 Å². The Morgan fingerprint density at radius 2 is 1.80 bits per heavy atom. The highest BCUT2D eigenvalue weighted by atomic mass is 16.5. The van der Waals surface area contributed by atoms with Crippen molar-refractivity contribution in [3.05, 3.63) is 35.5 Å². The van der Waals surface area contributed by atoms with Gasteiger partial charge in [-0.05, 0) is 58.8 Å². The standard InChI is InChI=1S/C18H28O2/c1-15-11-9-7-5-4-6-8-10-12-17(18(19)20-3)14-13-16(15)2/h4,6,8,10,17H,5,7,9,11-14H2,1-3H3/b6-4+,10-8-,16-15+. The molecule has 0 spiro atoms. The number of hydrogen-bond donors (Lipinski definition) is 0. The van der Waals surface area contributed by atoms with E-state index in [1.54, 1.807) is 0 Å². The summed E-state index contributed by atoms with van der Waals surface area (Å²) in [5.41, 5.74) is 2.93. The van der Waals surface area contributed by atoms with Gasteiger partial charge in [0.2, 0.25) is 0 Å². The highest BCUT2D eigenvalue weighted by Crippen LogP contribution is 2.22. The number of carbonyl (C=O) groups excluding carboxylic acids is 1. The number of allylic oxidation sites excluding steroid dienone is 6. The molecular weight excluding hydrogens is 248 g/mol. The van der Waals surface area contributed by atoms with Crippen molar-refractivity contribution < 1.29 is 9.53 Å². The van der Waals surface area contributed by atoms with Crippen LogP contribution in [0.4, 0.5) is 0 Å². The monoisotopic (exact) mass is 276 g/mol. The van der Waals surface area contributed by atoms with E-state index in [4.69, 9.17) is 4.74 Å². The maximum atomic E-state index is 11.8. The van der Waals surface area contributed by atoms with Crippen LogP contribution in [0.3, 0.4) is 0 Å². The molecule has 1 rings (SSSR count). The Morgan fingerprint density at radius 1 is 1.10 bits per heavy atom. The van der Waals surface area contributed by atoms with E-state index in [-0.39, 0.29) is 11.9 Å². The zero-order valence-electron chi connectivity index (χ0n) is 13.2. The molecule has 1 aliphatic carbocycles. The Hall–Kier alpha value is -1.31. The summed E-state index contributed by atoms with van der Waals surface area (Å²) in [5, 5.41) is 0. The maximum Gasteiger partial charge on any atom is 0.308 e. The van der Waals surface area contributed by atoms with Gasteiger partial charge in [-0.15, -0.1) is 0 Å². The molecule has 1 unspecified atom stereocenters. The summed E-state index contributed by atoms with van der Waals surface area (Å²) in [6, 6.07) is 0. The van der Waals surface area contributed by atoms with Crippen molar-refractivity contribution in [2.45, 2.75) is 58.8 Å². The van der Waals surface area contributed by atoms with Crippen LogP contribution in [0.25, 0.3) is 0 Å². The van der Waals surface area contributed by atoms with Gasteiger partial charge in [0.1, 0.15) is 0 Å². The first-order valence-corrected chi connectivity index (χ1v) is 7.70. The molecule has 0 heterocycles. The van der Waals surface area contributed by atoms with Gasteiger partial charge in [-0.3, -0.25) is 4.79 Å². The van der Waals surface area contributed by atoms with Crippen molar-refractivity contribution >= 4 is 5.97 Å². The second-order valence-electron chi connectivity index (χ2n) is 5.66. The van der Waals surface area contributed by atoms with Gasteiger partial charge in [-0.25, -0.2) is 0 Å². The van der Waals surface area contributed by atoms with Crippen LogP contribution in [-0.2, 0) is 9.53 Å². The Bertz CT molecular complexity index is 388. The maximum absolute atomic E-state index is 11.8. The summed E-state index contributed by atoms with van der Waals surface area (Å²) in [7, 11) is 1.48. The van der Waals surface area contributed by atoms with E-state index in [1.807, 2.05) is 0 Å². The molecule has 0 aromatic rings. The molecule has 0 saturated carbocycles. The lowest BCUT2D eigenvalue weighted by molar-refractivity contribution is -0.145. The van der Waals surface area contributed by atoms with E-state index in [9.17, 15) is 4.79 Å². The third kappa shape index (κ3) is 6.23. The van der Waals surface area contributed by atoms with Gasteiger partial charge in [0.25, 0.3) is 0 Å². The van der Waals surface area contributed by atoms with Gasteiger partial charge < -0.3 is 4.74 Å². The van der Waals surface area contributed by atoms with Crippen molar-refractivity contribution in [3.8, 4) is 0 Å². The van der Waals surface area contributed by atoms with E-state index in [1.165, 1.54) is 37.5 Å². The highest BCUT2D eigenvalue weighted by molar-refractivity contribution is 5.72. The predicted molar refractivity (Wildman–Crippen MR) is 84.5 cm³/mol. The van der Waals surface area contributed by atoms with Crippen LogP contribution >= 0.6 is 0 Å². The molecule has 0 saturated heterocycles. The number of carbonyl (C=O) groups is 1. The fourth-order valence-electron chi connectivity index (χ4n) is 2.46. The van der Waals surface area contributed by atoms with Gasteiger partial charge in [0.05, 0.1) is 13.0 Å². The molecule has 2 heteroatoms. The van der Waals surface area contributed by atoms with E-state index in [0.717, 1.165) is 25.7 Å². The number of esters is 1. The van der Waals surface area contributed by atoms with Crippen LogP contribution in [0.5, 0.6) is 0 Å². The molecule has 0 amide bonds. The van der Waals surface area contributed by atoms with Crippen LogP contribution in [0.1, 0.15) is 58.8 Å². The van der Waals surface area contributed by atoms with E-state index >= 15 is 0 Å². The minimum Gasteiger partial charge on any atom is -0.469 e. The molecule has 0 aromatic heterocycles. The first-order chi connectivity index (χ1) is 9.65. The minimum absolute atomic E-state index is 0.0182. The van der Waals surface area contributed by atoms with Crippen LogP contribution in [0, 0.1) is 5.92 Å². The molecule has 0 fully saturated rings. The van der Waals surface area contributed by atoms with E-state index in [2.05, 4.69) is 38.2 Å². The summed E-state index contributed by atoms with van der Waals surface area (Å²) in [5.74, 6) is -0.105. The molecule has 112 valence electrons. The van der Waals surface area contributed by atoms with Crippen molar-refractivity contribution in [3.63, 3.8) is 0 Å². The van der Waals surface area contributed by atoms with Crippen LogP contribution in [0.15, 0.2) is 35.5 Å². The summed E-state index contributed by atoms with van der Waals surface area (Å²) < 4.78 is 4.91. The van der Waals surface area contributed by atoms with E-state index < -0.39 is 0 Å². The fourth-order valence-corrected chi connectivity index (χ4v) is 2.46. The zero-order chi connectivity index (χ0) is 14.8. The summed E-state index contributed by atoms with van der Waals surface area (Å²) in [4.78, 5) is 11.8. The molecule has 0 aromatic carbocycles. The summed E-state index contributed by atoms with van der Waals surface area (Å²) >= 11 is 0. The smallest absolute Gasteiger partial charge is 0.308 e. The Morgan fingerprint density at radius 3 is 2.55 bits per heavy atom. The Labute approximate surface area is 123 Å². The van der Waals surface area contributed by atoms with Crippen molar-refractivity contribution in [2.75, 3.05) is 7.11 Å². The number of hydrogen-bond acceptors (Lipinski definition) is 2. The van der Waals surface area contributed by atoms with Crippen LogP contribution in [-0.4, -0.2) is 13.1 Å². The molecule has 2 nitrogen and oxygen atoms in total. The average molecular weight is 276 g/mol. The number of ether oxygens (including phenoxy) is 1. The van der Waals surface area contributed by atoms with Crippen LogP contribution in [0.2, 0.25) is 0 Å². The third-order valence-corrected chi connectivity index (χ3v) is 4.11. The molecule has 0 bridgehead atoms. The van der Waals surface area contributed by atoms with Crippen LogP contribution < -0.4 is 0 Å². The molecule has 1 atom stereocenters. The molecular formula is C18H28O2. The quantitative estimate of drug-likeness (QED) is 0.499. The van der Waals surface area contributed by atoms with Gasteiger partial charge in [-0.1, -0.05) is 35.5 Å². The summed E-state index contributed by atoms with van der Waals surface area (Å²) in [6.07, 6.45) is 15.9. The number of rotatable bonds is 1. The predicted octanol–water partition coefficient (Wildman–Crippen LogP) is 4.97. The Balaban J connectivity index is 2.75. The normalized spacial score (nSPS) is 29.2. The second-order valence-corrected chi connectivity index (χ2v) is 5.66. The van der Waals surface area contributed by atoms with Gasteiger partial charge in [0.15, 0.2) is 0 Å². The largest absolute Gasteiger partial charge is 0.469 e. The molecule has 0 N–H and O–H groups in total. The first kappa shape index (κ1) is 16.7. The Kier molecular flexibility index (Phi) is 8.01. The molecule has 20 heavy (non-hydrogen) atoms. The van der Waals surface area contributed by atoms with Crippen molar-refractivity contribution in [2.24, 2.45) is 5.92 Å². The lowest BCUT2D eigenvalue weighted by atomic mass is 9.93. The fraction of sp³-hybridized carbons (Fsp3) is 0.611. The number of methoxy groups -OCH3 is 1. The second kappa shape index (κ2) is 9.57. The minimum atomic E-state index is -0.0869. The van der Waals surface area contributed by atoms with E-state index in [0.29, 0.717) is 0 Å².